The number of guanidine groups is 1. The average molecular weight is 414 g/mol. The van der Waals surface area contributed by atoms with Crippen molar-refractivity contribution in [1.29, 1.82) is 0 Å². The first-order valence-electron chi connectivity index (χ1n) is 7.03. The molecule has 0 aliphatic rings. The van der Waals surface area contributed by atoms with E-state index in [0.717, 1.165) is 26.1 Å². The molecule has 2 N–H and O–H groups in total. The number of nitrogens with one attached hydrogen (secondary N) is 2. The van der Waals surface area contributed by atoms with E-state index >= 15 is 0 Å². The van der Waals surface area contributed by atoms with Crippen molar-refractivity contribution in [3.63, 3.8) is 0 Å². The zero-order valence-corrected chi connectivity index (χ0v) is 16.5. The van der Waals surface area contributed by atoms with Gasteiger partial charge < -0.3 is 20.3 Å². The predicted molar refractivity (Wildman–Crippen MR) is 98.4 cm³/mol. The maximum atomic E-state index is 11.5. The molecule has 21 heavy (non-hydrogen) atoms. The standard InChI is InChI=1S/C14H30N4O2.HI/c1-7-15-13(16-10-12(19)18(4)5)17-11-14(2,3)8-9-20-6;/h7-11H2,1-6H3,(H2,15,16,17);1H. The Labute approximate surface area is 146 Å². The lowest BCUT2D eigenvalue weighted by Crippen LogP contribution is -2.43. The van der Waals surface area contributed by atoms with Crippen LogP contribution < -0.4 is 10.6 Å². The Morgan fingerprint density at radius 3 is 2.38 bits per heavy atom. The molecule has 0 aliphatic carbocycles. The van der Waals surface area contributed by atoms with Crippen molar-refractivity contribution in [3.05, 3.63) is 0 Å². The van der Waals surface area contributed by atoms with Gasteiger partial charge in [0, 0.05) is 40.9 Å². The summed E-state index contributed by atoms with van der Waals surface area (Å²) < 4.78 is 5.11. The number of ether oxygens (including phenoxy) is 1. The van der Waals surface area contributed by atoms with Gasteiger partial charge in [-0.25, -0.2) is 4.99 Å². The molecule has 0 aromatic carbocycles. The summed E-state index contributed by atoms with van der Waals surface area (Å²) in [5.74, 6) is 0.661. The van der Waals surface area contributed by atoms with E-state index in [-0.39, 0.29) is 41.8 Å². The first kappa shape index (κ1) is 22.7. The number of carbonyl (C=O) groups excluding carboxylic acids is 1. The molecule has 126 valence electrons. The number of hydrogen-bond acceptors (Lipinski definition) is 3. The highest BCUT2D eigenvalue weighted by Crippen LogP contribution is 2.18. The number of halogens is 1. The van der Waals surface area contributed by atoms with Crippen LogP contribution in [-0.2, 0) is 9.53 Å². The van der Waals surface area contributed by atoms with Gasteiger partial charge in [0.15, 0.2) is 5.96 Å². The summed E-state index contributed by atoms with van der Waals surface area (Å²) in [5.41, 5.74) is 0.109. The average Bonchev–Trinajstić information content (AvgIpc) is 2.39. The van der Waals surface area contributed by atoms with Crippen LogP contribution in [0.3, 0.4) is 0 Å². The molecule has 0 saturated carbocycles. The molecule has 0 aromatic rings. The molecular weight excluding hydrogens is 383 g/mol. The molecule has 0 heterocycles. The Kier molecular flexibility index (Phi) is 13.0. The van der Waals surface area contributed by atoms with Crippen LogP contribution in [0.1, 0.15) is 27.2 Å². The highest BCUT2D eigenvalue weighted by Gasteiger charge is 2.18. The summed E-state index contributed by atoms with van der Waals surface area (Å²) in [6, 6.07) is 0. The summed E-state index contributed by atoms with van der Waals surface area (Å²) in [6.45, 7) is 8.78. The Balaban J connectivity index is 0. The third kappa shape index (κ3) is 11.7. The van der Waals surface area contributed by atoms with Gasteiger partial charge in [0.05, 0.1) is 0 Å². The number of hydrogen-bond donors (Lipinski definition) is 2. The van der Waals surface area contributed by atoms with Gasteiger partial charge in [-0.1, -0.05) is 13.8 Å². The zero-order chi connectivity index (χ0) is 15.6. The molecule has 0 saturated heterocycles. The van der Waals surface area contributed by atoms with E-state index in [1.807, 2.05) is 6.92 Å². The molecule has 0 atom stereocenters. The fourth-order valence-corrected chi connectivity index (χ4v) is 1.42. The number of nitrogens with zero attached hydrogens (tertiary/aromatic N) is 2. The van der Waals surface area contributed by atoms with Gasteiger partial charge in [-0.2, -0.15) is 0 Å². The highest BCUT2D eigenvalue weighted by atomic mass is 127. The van der Waals surface area contributed by atoms with E-state index in [9.17, 15) is 4.79 Å². The lowest BCUT2D eigenvalue weighted by Gasteiger charge is -2.25. The molecule has 0 spiro atoms. The van der Waals surface area contributed by atoms with Crippen LogP contribution in [-0.4, -0.2) is 64.2 Å². The van der Waals surface area contributed by atoms with Crippen molar-refractivity contribution in [1.82, 2.24) is 15.5 Å². The predicted octanol–water partition coefficient (Wildman–Crippen LogP) is 1.31. The van der Waals surface area contributed by atoms with Gasteiger partial charge >= 0.3 is 0 Å². The van der Waals surface area contributed by atoms with Gasteiger partial charge in [0.25, 0.3) is 0 Å². The maximum absolute atomic E-state index is 11.5. The quantitative estimate of drug-likeness (QED) is 0.357. The van der Waals surface area contributed by atoms with Crippen molar-refractivity contribution in [2.24, 2.45) is 10.4 Å². The molecule has 0 fully saturated rings. The first-order chi connectivity index (χ1) is 9.32. The SMILES string of the molecule is CCNC(=NCC(=O)N(C)C)NCC(C)(C)CCOC.I. The minimum absolute atomic E-state index is 0. The van der Waals surface area contributed by atoms with Gasteiger partial charge in [-0.15, -0.1) is 24.0 Å². The lowest BCUT2D eigenvalue weighted by atomic mass is 9.90. The molecule has 7 heteroatoms. The minimum Gasteiger partial charge on any atom is -0.385 e. The van der Waals surface area contributed by atoms with Crippen LogP contribution in [0.2, 0.25) is 0 Å². The smallest absolute Gasteiger partial charge is 0.243 e. The molecule has 0 unspecified atom stereocenters. The Morgan fingerprint density at radius 1 is 1.29 bits per heavy atom. The van der Waals surface area contributed by atoms with Crippen molar-refractivity contribution < 1.29 is 9.53 Å². The lowest BCUT2D eigenvalue weighted by molar-refractivity contribution is -0.127. The van der Waals surface area contributed by atoms with Gasteiger partial charge in [-0.3, -0.25) is 4.79 Å². The van der Waals surface area contributed by atoms with E-state index in [4.69, 9.17) is 4.74 Å². The second kappa shape index (κ2) is 12.0. The van der Waals surface area contributed by atoms with E-state index in [2.05, 4.69) is 29.5 Å². The van der Waals surface area contributed by atoms with E-state index in [1.54, 1.807) is 21.2 Å². The molecule has 0 radical (unpaired) electrons. The van der Waals surface area contributed by atoms with E-state index < -0.39 is 0 Å². The van der Waals surface area contributed by atoms with Crippen LogP contribution >= 0.6 is 24.0 Å². The van der Waals surface area contributed by atoms with Crippen molar-refractivity contribution in [2.75, 3.05) is 47.4 Å². The molecule has 1 amide bonds. The van der Waals surface area contributed by atoms with Gasteiger partial charge in [0.2, 0.25) is 5.91 Å². The van der Waals surface area contributed by atoms with Crippen LogP contribution in [0.25, 0.3) is 0 Å². The van der Waals surface area contributed by atoms with Crippen LogP contribution in [0, 0.1) is 5.41 Å². The summed E-state index contributed by atoms with van der Waals surface area (Å²) in [5, 5.41) is 6.42. The Morgan fingerprint density at radius 2 is 1.90 bits per heavy atom. The number of rotatable bonds is 8. The van der Waals surface area contributed by atoms with Crippen molar-refractivity contribution in [2.45, 2.75) is 27.2 Å². The van der Waals surface area contributed by atoms with Crippen LogP contribution in [0.5, 0.6) is 0 Å². The molecular formula is C14H31IN4O2. The molecule has 0 aromatic heterocycles. The summed E-state index contributed by atoms with van der Waals surface area (Å²) in [6.07, 6.45) is 0.965. The second-order valence-corrected chi connectivity index (χ2v) is 5.74. The first-order valence-corrected chi connectivity index (χ1v) is 7.03. The maximum Gasteiger partial charge on any atom is 0.243 e. The number of amides is 1. The van der Waals surface area contributed by atoms with Crippen molar-refractivity contribution in [3.8, 4) is 0 Å². The Bertz CT molecular complexity index is 320. The minimum atomic E-state index is -0.0131. The number of likely N-dealkylation sites (N-methyl/N-ethyl adjacent to an activating group) is 1. The summed E-state index contributed by atoms with van der Waals surface area (Å²) in [4.78, 5) is 17.4. The third-order valence-corrected chi connectivity index (χ3v) is 2.93. The molecule has 0 aliphatic heterocycles. The molecule has 0 bridgehead atoms. The topological polar surface area (TPSA) is 66.0 Å². The number of methoxy groups -OCH3 is 1. The van der Waals surface area contributed by atoms with Gasteiger partial charge in [-0.05, 0) is 18.8 Å². The summed E-state index contributed by atoms with van der Waals surface area (Å²) in [7, 11) is 5.17. The second-order valence-electron chi connectivity index (χ2n) is 5.74. The largest absolute Gasteiger partial charge is 0.385 e. The third-order valence-electron chi connectivity index (χ3n) is 2.93. The van der Waals surface area contributed by atoms with Crippen LogP contribution in [0.4, 0.5) is 0 Å². The summed E-state index contributed by atoms with van der Waals surface area (Å²) >= 11 is 0. The highest BCUT2D eigenvalue weighted by molar-refractivity contribution is 14.0. The molecule has 0 rings (SSSR count). The van der Waals surface area contributed by atoms with Crippen LogP contribution in [0.15, 0.2) is 4.99 Å². The van der Waals surface area contributed by atoms with E-state index in [0.29, 0.717) is 5.96 Å². The number of carbonyl (C=O) groups is 1. The fourth-order valence-electron chi connectivity index (χ4n) is 1.42. The Hall–Kier alpha value is -0.570. The molecule has 6 nitrogen and oxygen atoms in total. The fraction of sp³-hybridized carbons (Fsp3) is 0.857. The van der Waals surface area contributed by atoms with Crippen molar-refractivity contribution >= 4 is 35.8 Å². The van der Waals surface area contributed by atoms with Gasteiger partial charge in [0.1, 0.15) is 6.54 Å². The zero-order valence-electron chi connectivity index (χ0n) is 14.2. The van der Waals surface area contributed by atoms with E-state index in [1.165, 1.54) is 4.90 Å². The monoisotopic (exact) mass is 414 g/mol. The normalized spacial score (nSPS) is 11.6. The number of aliphatic imine (C=N–C) groups is 1.